The predicted molar refractivity (Wildman–Crippen MR) is 61.7 cm³/mol. The lowest BCUT2D eigenvalue weighted by atomic mass is 10.2. The molecule has 1 aromatic heterocycles. The summed E-state index contributed by atoms with van der Waals surface area (Å²) in [5, 5.41) is 26.2. The molecular formula is C10H16N4O4. The summed E-state index contributed by atoms with van der Waals surface area (Å²) in [7, 11) is 1.76. The van der Waals surface area contributed by atoms with Crippen LogP contribution < -0.4 is 10.6 Å². The molecule has 0 saturated heterocycles. The Morgan fingerprint density at radius 2 is 2.28 bits per heavy atom. The van der Waals surface area contributed by atoms with Crippen LogP contribution in [0.25, 0.3) is 0 Å². The van der Waals surface area contributed by atoms with Gasteiger partial charge in [0, 0.05) is 26.3 Å². The van der Waals surface area contributed by atoms with Crippen molar-refractivity contribution in [3.63, 3.8) is 0 Å². The Labute approximate surface area is 104 Å². The number of carbonyl (C=O) groups excluding carboxylic acids is 1. The minimum absolute atomic E-state index is 0.0354. The van der Waals surface area contributed by atoms with Gasteiger partial charge < -0.3 is 20.8 Å². The number of aliphatic carboxylic acids is 1. The van der Waals surface area contributed by atoms with Crippen molar-refractivity contribution in [2.75, 3.05) is 6.61 Å². The maximum absolute atomic E-state index is 11.4. The van der Waals surface area contributed by atoms with Gasteiger partial charge in [-0.3, -0.25) is 4.68 Å². The highest BCUT2D eigenvalue weighted by atomic mass is 16.4. The Morgan fingerprint density at radius 3 is 2.78 bits per heavy atom. The first-order valence-corrected chi connectivity index (χ1v) is 5.39. The van der Waals surface area contributed by atoms with E-state index in [1.54, 1.807) is 24.0 Å². The van der Waals surface area contributed by atoms with Crippen LogP contribution >= 0.6 is 0 Å². The van der Waals surface area contributed by atoms with Gasteiger partial charge in [0.05, 0.1) is 12.2 Å². The van der Waals surface area contributed by atoms with Crippen LogP contribution in [0.15, 0.2) is 12.3 Å². The monoisotopic (exact) mass is 256 g/mol. The zero-order chi connectivity index (χ0) is 13.5. The van der Waals surface area contributed by atoms with E-state index in [0.29, 0.717) is 5.69 Å². The highest BCUT2D eigenvalue weighted by molar-refractivity contribution is 5.82. The third-order valence-electron chi connectivity index (χ3n) is 2.22. The fourth-order valence-electron chi connectivity index (χ4n) is 1.32. The number of aliphatic hydroxyl groups is 1. The van der Waals surface area contributed by atoms with Gasteiger partial charge in [-0.25, -0.2) is 9.59 Å². The van der Waals surface area contributed by atoms with E-state index in [-0.39, 0.29) is 19.6 Å². The van der Waals surface area contributed by atoms with E-state index in [1.807, 2.05) is 0 Å². The zero-order valence-corrected chi connectivity index (χ0v) is 9.96. The van der Waals surface area contributed by atoms with E-state index >= 15 is 0 Å². The smallest absolute Gasteiger partial charge is 0.326 e. The summed E-state index contributed by atoms with van der Waals surface area (Å²) >= 11 is 0. The van der Waals surface area contributed by atoms with E-state index in [2.05, 4.69) is 15.7 Å². The molecule has 0 spiro atoms. The molecule has 1 rings (SSSR count). The molecule has 1 aromatic rings. The molecule has 0 aliphatic carbocycles. The van der Waals surface area contributed by atoms with Crippen molar-refractivity contribution in [1.82, 2.24) is 20.4 Å². The maximum Gasteiger partial charge on any atom is 0.326 e. The summed E-state index contributed by atoms with van der Waals surface area (Å²) in [4.78, 5) is 22.1. The Kier molecular flexibility index (Phi) is 5.12. The molecule has 0 aromatic carbocycles. The molecule has 0 bridgehead atoms. The van der Waals surface area contributed by atoms with E-state index in [1.165, 1.54) is 0 Å². The van der Waals surface area contributed by atoms with Crippen molar-refractivity contribution >= 4 is 12.0 Å². The number of rotatable bonds is 6. The lowest BCUT2D eigenvalue weighted by molar-refractivity contribution is -0.139. The molecule has 0 aliphatic heterocycles. The lowest BCUT2D eigenvalue weighted by Crippen LogP contribution is -2.46. The topological polar surface area (TPSA) is 116 Å². The first-order valence-electron chi connectivity index (χ1n) is 5.39. The van der Waals surface area contributed by atoms with E-state index in [4.69, 9.17) is 10.2 Å². The summed E-state index contributed by atoms with van der Waals surface area (Å²) in [5.41, 5.74) is 0.668. The number of aliphatic hydroxyl groups excluding tert-OH is 1. The minimum Gasteiger partial charge on any atom is -0.480 e. The Balaban J connectivity index is 2.38. The van der Waals surface area contributed by atoms with Crippen LogP contribution in [0, 0.1) is 0 Å². The molecule has 8 nitrogen and oxygen atoms in total. The number of urea groups is 1. The fraction of sp³-hybridized carbons (Fsp3) is 0.500. The summed E-state index contributed by atoms with van der Waals surface area (Å²) in [5.74, 6) is -1.18. The standard InChI is InChI=1S/C10H16N4O4/c1-14-4-2-7(13-14)6-11-10(18)12-8(3-5-15)9(16)17/h2,4,8,15H,3,5-6H2,1H3,(H,16,17)(H2,11,12,18). The summed E-state index contributed by atoms with van der Waals surface area (Å²) in [6.07, 6.45) is 1.70. The van der Waals surface area contributed by atoms with Crippen LogP contribution in [-0.2, 0) is 18.4 Å². The number of nitrogens with one attached hydrogen (secondary N) is 2. The third-order valence-corrected chi connectivity index (χ3v) is 2.22. The van der Waals surface area contributed by atoms with Crippen molar-refractivity contribution in [2.45, 2.75) is 19.0 Å². The number of amides is 2. The van der Waals surface area contributed by atoms with Gasteiger partial charge in [0.2, 0.25) is 0 Å². The van der Waals surface area contributed by atoms with Crippen LogP contribution in [0.4, 0.5) is 4.79 Å². The van der Waals surface area contributed by atoms with Crippen molar-refractivity contribution < 1.29 is 19.8 Å². The van der Waals surface area contributed by atoms with Crippen LogP contribution in [-0.4, -0.2) is 44.6 Å². The molecule has 18 heavy (non-hydrogen) atoms. The minimum atomic E-state index is -1.18. The molecule has 0 saturated carbocycles. The maximum atomic E-state index is 11.4. The SMILES string of the molecule is Cn1ccc(CNC(=O)NC(CCO)C(=O)O)n1. The second-order valence-electron chi connectivity index (χ2n) is 3.71. The van der Waals surface area contributed by atoms with Gasteiger partial charge in [0.15, 0.2) is 0 Å². The molecule has 4 N–H and O–H groups in total. The largest absolute Gasteiger partial charge is 0.480 e. The molecule has 1 unspecified atom stereocenters. The first-order chi connectivity index (χ1) is 8.52. The Hall–Kier alpha value is -2.09. The third kappa shape index (κ3) is 4.42. The number of nitrogens with zero attached hydrogens (tertiary/aromatic N) is 2. The number of carboxylic acids is 1. The van der Waals surface area contributed by atoms with Crippen molar-refractivity contribution in [3.8, 4) is 0 Å². The normalized spacial score (nSPS) is 11.9. The zero-order valence-electron chi connectivity index (χ0n) is 9.96. The number of hydrogen-bond donors (Lipinski definition) is 4. The second-order valence-corrected chi connectivity index (χ2v) is 3.71. The van der Waals surface area contributed by atoms with Gasteiger partial charge in [-0.1, -0.05) is 0 Å². The average molecular weight is 256 g/mol. The van der Waals surface area contributed by atoms with Gasteiger partial charge in [-0.2, -0.15) is 5.10 Å². The molecule has 0 radical (unpaired) electrons. The number of carbonyl (C=O) groups is 2. The molecule has 1 atom stereocenters. The second kappa shape index (κ2) is 6.60. The molecular weight excluding hydrogens is 240 g/mol. The number of carboxylic acid groups (broad SMARTS) is 1. The number of aromatic nitrogens is 2. The number of hydrogen-bond acceptors (Lipinski definition) is 4. The molecule has 0 aliphatic rings. The molecule has 0 fully saturated rings. The molecule has 8 heteroatoms. The highest BCUT2D eigenvalue weighted by Gasteiger charge is 2.18. The molecule has 2 amide bonds. The van der Waals surface area contributed by atoms with E-state index in [0.717, 1.165) is 0 Å². The quantitative estimate of drug-likeness (QED) is 0.524. The lowest BCUT2D eigenvalue weighted by Gasteiger charge is -2.13. The summed E-state index contributed by atoms with van der Waals surface area (Å²) in [6.45, 7) is -0.102. The van der Waals surface area contributed by atoms with Crippen molar-refractivity contribution in [3.05, 3.63) is 18.0 Å². The Morgan fingerprint density at radius 1 is 1.56 bits per heavy atom. The van der Waals surface area contributed by atoms with Gasteiger partial charge in [-0.15, -0.1) is 0 Å². The first kappa shape index (κ1) is 14.0. The summed E-state index contributed by atoms with van der Waals surface area (Å²) in [6, 6.07) is 0.0307. The van der Waals surface area contributed by atoms with Gasteiger partial charge in [0.1, 0.15) is 6.04 Å². The van der Waals surface area contributed by atoms with Gasteiger partial charge in [-0.05, 0) is 6.07 Å². The van der Waals surface area contributed by atoms with Gasteiger partial charge in [0.25, 0.3) is 0 Å². The fourth-order valence-corrected chi connectivity index (χ4v) is 1.32. The average Bonchev–Trinajstić information content (AvgIpc) is 2.72. The van der Waals surface area contributed by atoms with Crippen molar-refractivity contribution in [2.24, 2.45) is 7.05 Å². The summed E-state index contributed by atoms with van der Waals surface area (Å²) < 4.78 is 1.60. The van der Waals surface area contributed by atoms with E-state index in [9.17, 15) is 9.59 Å². The molecule has 100 valence electrons. The van der Waals surface area contributed by atoms with E-state index < -0.39 is 18.0 Å². The highest BCUT2D eigenvalue weighted by Crippen LogP contribution is 1.94. The van der Waals surface area contributed by atoms with Gasteiger partial charge >= 0.3 is 12.0 Å². The van der Waals surface area contributed by atoms with Crippen LogP contribution in [0.3, 0.4) is 0 Å². The number of aryl methyl sites for hydroxylation is 1. The Bertz CT molecular complexity index is 418. The van der Waals surface area contributed by atoms with Crippen LogP contribution in [0.2, 0.25) is 0 Å². The van der Waals surface area contributed by atoms with Crippen LogP contribution in [0.1, 0.15) is 12.1 Å². The predicted octanol–water partition coefficient (Wildman–Crippen LogP) is -0.945. The molecule has 1 heterocycles. The van der Waals surface area contributed by atoms with Crippen LogP contribution in [0.5, 0.6) is 0 Å². The van der Waals surface area contributed by atoms with Crippen molar-refractivity contribution in [1.29, 1.82) is 0 Å².